The number of benzene rings is 2. The molecule has 0 unspecified atom stereocenters. The molecule has 0 aliphatic rings. The molecule has 0 heterocycles. The minimum atomic E-state index is -0.190. The van der Waals surface area contributed by atoms with Crippen molar-refractivity contribution >= 4 is 23.0 Å². The smallest absolute Gasteiger partial charge is 0.257 e. The zero-order chi connectivity index (χ0) is 15.6. The van der Waals surface area contributed by atoms with Crippen molar-refractivity contribution in [3.05, 3.63) is 53.1 Å². The van der Waals surface area contributed by atoms with E-state index >= 15 is 0 Å². The molecule has 3 N–H and O–H groups in total. The van der Waals surface area contributed by atoms with Crippen LogP contribution in [0, 0.1) is 13.8 Å². The van der Waals surface area contributed by atoms with Gasteiger partial charge >= 0.3 is 0 Å². The number of nitrogens with one attached hydrogen (secondary N) is 1. The molecule has 0 aromatic heterocycles. The van der Waals surface area contributed by atoms with Crippen molar-refractivity contribution < 1.29 is 4.79 Å². The Kier molecular flexibility index (Phi) is 4.17. The first-order valence-corrected chi connectivity index (χ1v) is 6.84. The number of nitrogens with zero attached hydrogens (tertiary/aromatic N) is 1. The van der Waals surface area contributed by atoms with E-state index in [0.717, 1.165) is 22.5 Å². The molecule has 0 atom stereocenters. The summed E-state index contributed by atoms with van der Waals surface area (Å²) in [5.41, 5.74) is 10.9. The maximum atomic E-state index is 12.3. The highest BCUT2D eigenvalue weighted by atomic mass is 16.1. The van der Waals surface area contributed by atoms with Crippen molar-refractivity contribution in [2.24, 2.45) is 0 Å². The average Bonchev–Trinajstić information content (AvgIpc) is 2.43. The third-order valence-electron chi connectivity index (χ3n) is 3.40. The number of anilines is 3. The van der Waals surface area contributed by atoms with Gasteiger partial charge in [-0.15, -0.1) is 0 Å². The van der Waals surface area contributed by atoms with E-state index in [1.807, 2.05) is 57.1 Å². The summed E-state index contributed by atoms with van der Waals surface area (Å²) >= 11 is 0. The number of amides is 1. The van der Waals surface area contributed by atoms with Crippen LogP contribution in [-0.4, -0.2) is 20.0 Å². The van der Waals surface area contributed by atoms with Crippen LogP contribution < -0.4 is 16.0 Å². The fourth-order valence-corrected chi connectivity index (χ4v) is 2.23. The Morgan fingerprint density at radius 3 is 2.48 bits per heavy atom. The Bertz CT molecular complexity index is 678. The Morgan fingerprint density at radius 2 is 1.81 bits per heavy atom. The number of aryl methyl sites for hydroxylation is 2. The molecule has 0 saturated carbocycles. The van der Waals surface area contributed by atoms with Crippen LogP contribution >= 0.6 is 0 Å². The standard InChI is InChI=1S/C17H21N3O/c1-11-5-8-15(18)14(9-11)17(21)19-13-7-6-12(2)16(10-13)20(3)4/h5-10H,18H2,1-4H3,(H,19,21). The van der Waals surface area contributed by atoms with Gasteiger partial charge in [-0.1, -0.05) is 17.7 Å². The van der Waals surface area contributed by atoms with Gasteiger partial charge in [0.05, 0.1) is 5.56 Å². The van der Waals surface area contributed by atoms with Gasteiger partial charge in [0.1, 0.15) is 0 Å². The zero-order valence-electron chi connectivity index (χ0n) is 12.9. The molecule has 2 aromatic carbocycles. The van der Waals surface area contributed by atoms with Gasteiger partial charge in [-0.2, -0.15) is 0 Å². The van der Waals surface area contributed by atoms with Gasteiger partial charge in [-0.25, -0.2) is 0 Å². The number of carbonyl (C=O) groups excluding carboxylic acids is 1. The van der Waals surface area contributed by atoms with Crippen molar-refractivity contribution in [2.75, 3.05) is 30.0 Å². The summed E-state index contributed by atoms with van der Waals surface area (Å²) in [5.74, 6) is -0.190. The van der Waals surface area contributed by atoms with Crippen molar-refractivity contribution in [2.45, 2.75) is 13.8 Å². The molecule has 110 valence electrons. The number of carbonyl (C=O) groups is 1. The molecule has 0 aliphatic heterocycles. The minimum Gasteiger partial charge on any atom is -0.398 e. The summed E-state index contributed by atoms with van der Waals surface area (Å²) in [6.45, 7) is 3.98. The lowest BCUT2D eigenvalue weighted by molar-refractivity contribution is 0.102. The number of hydrogen-bond acceptors (Lipinski definition) is 3. The van der Waals surface area contributed by atoms with Gasteiger partial charge < -0.3 is 16.0 Å². The molecular formula is C17H21N3O. The maximum Gasteiger partial charge on any atom is 0.257 e. The average molecular weight is 283 g/mol. The van der Waals surface area contributed by atoms with Crippen molar-refractivity contribution in [1.29, 1.82) is 0 Å². The highest BCUT2D eigenvalue weighted by Crippen LogP contribution is 2.23. The highest BCUT2D eigenvalue weighted by Gasteiger charge is 2.11. The normalized spacial score (nSPS) is 10.3. The fraction of sp³-hybridized carbons (Fsp3) is 0.235. The molecule has 4 heteroatoms. The quantitative estimate of drug-likeness (QED) is 0.850. The van der Waals surface area contributed by atoms with Crippen LogP contribution in [0.3, 0.4) is 0 Å². The number of nitrogens with two attached hydrogens (primary N) is 1. The molecule has 1 amide bonds. The third kappa shape index (κ3) is 3.34. The van der Waals surface area contributed by atoms with Crippen molar-refractivity contribution in [3.63, 3.8) is 0 Å². The Labute approximate surface area is 125 Å². The predicted octanol–water partition coefficient (Wildman–Crippen LogP) is 3.20. The van der Waals surface area contributed by atoms with E-state index in [2.05, 4.69) is 5.32 Å². The first-order chi connectivity index (χ1) is 9.88. The minimum absolute atomic E-state index is 0.190. The lowest BCUT2D eigenvalue weighted by Crippen LogP contribution is -2.15. The molecule has 2 rings (SSSR count). The van der Waals surface area contributed by atoms with Crippen LogP contribution in [0.15, 0.2) is 36.4 Å². The summed E-state index contributed by atoms with van der Waals surface area (Å²) in [7, 11) is 3.96. The van der Waals surface area contributed by atoms with Gasteiger partial charge in [0.15, 0.2) is 0 Å². The van der Waals surface area contributed by atoms with E-state index in [-0.39, 0.29) is 5.91 Å². The van der Waals surface area contributed by atoms with Crippen LogP contribution in [0.5, 0.6) is 0 Å². The first kappa shape index (κ1) is 14.9. The van der Waals surface area contributed by atoms with Crippen molar-refractivity contribution in [1.82, 2.24) is 0 Å². The van der Waals surface area contributed by atoms with Gasteiger partial charge in [0.2, 0.25) is 0 Å². The molecule has 0 fully saturated rings. The summed E-state index contributed by atoms with van der Waals surface area (Å²) in [6, 6.07) is 11.3. The fourth-order valence-electron chi connectivity index (χ4n) is 2.23. The summed E-state index contributed by atoms with van der Waals surface area (Å²) in [4.78, 5) is 14.4. The van der Waals surface area contributed by atoms with Crippen LogP contribution in [0.2, 0.25) is 0 Å². The lowest BCUT2D eigenvalue weighted by atomic mass is 10.1. The van der Waals surface area contributed by atoms with Crippen LogP contribution in [0.1, 0.15) is 21.5 Å². The van der Waals surface area contributed by atoms with E-state index in [4.69, 9.17) is 5.73 Å². The molecular weight excluding hydrogens is 262 g/mol. The van der Waals surface area contributed by atoms with Gasteiger partial charge in [-0.05, 0) is 43.7 Å². The first-order valence-electron chi connectivity index (χ1n) is 6.84. The SMILES string of the molecule is Cc1ccc(N)c(C(=O)Nc2ccc(C)c(N(C)C)c2)c1. The molecule has 0 radical (unpaired) electrons. The van der Waals surface area contributed by atoms with Crippen LogP contribution in [0.4, 0.5) is 17.1 Å². The lowest BCUT2D eigenvalue weighted by Gasteiger charge is -2.17. The monoisotopic (exact) mass is 283 g/mol. The van der Waals surface area contributed by atoms with Crippen LogP contribution in [0.25, 0.3) is 0 Å². The Balaban J connectivity index is 2.27. The predicted molar refractivity (Wildman–Crippen MR) is 89.1 cm³/mol. The highest BCUT2D eigenvalue weighted by molar-refractivity contribution is 6.08. The molecule has 21 heavy (non-hydrogen) atoms. The molecule has 0 saturated heterocycles. The second kappa shape index (κ2) is 5.87. The summed E-state index contributed by atoms with van der Waals surface area (Å²) in [5, 5.41) is 2.90. The van der Waals surface area contributed by atoms with E-state index in [9.17, 15) is 4.79 Å². The van der Waals surface area contributed by atoms with Gasteiger partial charge in [0, 0.05) is 31.2 Å². The van der Waals surface area contributed by atoms with E-state index < -0.39 is 0 Å². The molecule has 0 bridgehead atoms. The Morgan fingerprint density at radius 1 is 1.10 bits per heavy atom. The molecule has 4 nitrogen and oxygen atoms in total. The van der Waals surface area contributed by atoms with Gasteiger partial charge in [0.25, 0.3) is 5.91 Å². The molecule has 2 aromatic rings. The number of rotatable bonds is 3. The maximum absolute atomic E-state index is 12.3. The van der Waals surface area contributed by atoms with E-state index in [0.29, 0.717) is 11.3 Å². The second-order valence-corrected chi connectivity index (χ2v) is 5.44. The largest absolute Gasteiger partial charge is 0.398 e. The topological polar surface area (TPSA) is 58.4 Å². The number of nitrogen functional groups attached to an aromatic ring is 1. The van der Waals surface area contributed by atoms with Crippen LogP contribution in [-0.2, 0) is 0 Å². The molecule has 0 aliphatic carbocycles. The third-order valence-corrected chi connectivity index (χ3v) is 3.40. The van der Waals surface area contributed by atoms with Gasteiger partial charge in [-0.3, -0.25) is 4.79 Å². The summed E-state index contributed by atoms with van der Waals surface area (Å²) in [6.07, 6.45) is 0. The number of hydrogen-bond donors (Lipinski definition) is 2. The van der Waals surface area contributed by atoms with E-state index in [1.54, 1.807) is 12.1 Å². The zero-order valence-corrected chi connectivity index (χ0v) is 12.9. The molecule has 0 spiro atoms. The van der Waals surface area contributed by atoms with E-state index in [1.165, 1.54) is 0 Å². The summed E-state index contributed by atoms with van der Waals surface area (Å²) < 4.78 is 0. The van der Waals surface area contributed by atoms with Crippen molar-refractivity contribution in [3.8, 4) is 0 Å². The second-order valence-electron chi connectivity index (χ2n) is 5.44. The Hall–Kier alpha value is -2.49.